The van der Waals surface area contributed by atoms with Crippen LogP contribution in [0.25, 0.3) is 0 Å². The molecule has 6 nitrogen and oxygen atoms in total. The fourth-order valence-corrected chi connectivity index (χ4v) is 1.64. The summed E-state index contributed by atoms with van der Waals surface area (Å²) in [5, 5.41) is 9.89. The molecule has 3 N–H and O–H groups in total. The number of carbonyl (C=O) groups excluding carboxylic acids is 1. The fraction of sp³-hybridized carbons (Fsp3) is 0.750. The van der Waals surface area contributed by atoms with E-state index >= 15 is 0 Å². The predicted molar refractivity (Wildman–Crippen MR) is 43.7 cm³/mol. The van der Waals surface area contributed by atoms with Gasteiger partial charge in [-0.15, -0.1) is 0 Å². The van der Waals surface area contributed by atoms with Gasteiger partial charge < -0.3 is 15.6 Å². The van der Waals surface area contributed by atoms with Crippen molar-refractivity contribution >= 4 is 25.9 Å². The summed E-state index contributed by atoms with van der Waals surface area (Å²) in [4.78, 5) is 9.89. The van der Waals surface area contributed by atoms with Crippen LogP contribution in [0, 0.1) is 0 Å². The number of carboxylic acids is 1. The summed E-state index contributed by atoms with van der Waals surface area (Å²) in [7, 11) is -4.16. The van der Waals surface area contributed by atoms with Gasteiger partial charge in [-0.05, 0) is 10.8 Å². The monoisotopic (exact) mass is 239 g/mol. The van der Waals surface area contributed by atoms with E-state index in [1.165, 1.54) is 0 Å². The average Bonchev–Trinajstić information content (AvgIpc) is 1.80. The Morgan fingerprint density at radius 2 is 2.00 bits per heavy atom. The number of nitrogens with two attached hydrogens (primary N) is 1. The van der Waals surface area contributed by atoms with Crippen LogP contribution in [0.15, 0.2) is 0 Å². The molecule has 0 fully saturated rings. The molecule has 0 saturated heterocycles. The summed E-state index contributed by atoms with van der Waals surface area (Å²) in [6.07, 6.45) is 0. The van der Waals surface area contributed by atoms with Crippen LogP contribution in [0.3, 0.4) is 0 Å². The average molecular weight is 239 g/mol. The molecule has 0 amide bonds. The first-order chi connectivity index (χ1) is 4.83. The molecular formula is C4H10NNaO5S2. The number of aliphatic carboxylic acids is 1. The van der Waals surface area contributed by atoms with E-state index in [0.29, 0.717) is 0 Å². The molecular weight excluding hydrogens is 229 g/mol. The van der Waals surface area contributed by atoms with Crippen LogP contribution in [0.4, 0.5) is 0 Å². The first-order valence-corrected chi connectivity index (χ1v) is 5.35. The molecule has 0 rings (SSSR count). The van der Waals surface area contributed by atoms with Crippen molar-refractivity contribution < 1.29 is 52.4 Å². The van der Waals surface area contributed by atoms with E-state index in [1.54, 1.807) is 0 Å². The predicted octanol–water partition coefficient (Wildman–Crippen LogP) is -4.76. The van der Waals surface area contributed by atoms with Gasteiger partial charge in [0.25, 0.3) is 0 Å². The van der Waals surface area contributed by atoms with Gasteiger partial charge in [-0.1, -0.05) is 7.43 Å². The molecule has 0 aromatic heterocycles. The quantitative estimate of drug-likeness (QED) is 0.287. The number of carboxylic acid groups (broad SMARTS) is 1. The topological polar surface area (TPSA) is 121 Å². The van der Waals surface area contributed by atoms with Gasteiger partial charge in [0.15, 0.2) is 0 Å². The Balaban J connectivity index is -0.000000500. The Hall–Kier alpha value is 0.690. The van der Waals surface area contributed by atoms with E-state index in [-0.39, 0.29) is 47.8 Å². The zero-order valence-corrected chi connectivity index (χ0v) is 9.89. The van der Waals surface area contributed by atoms with Crippen LogP contribution in [0.2, 0.25) is 0 Å². The van der Waals surface area contributed by atoms with Crippen LogP contribution in [-0.4, -0.2) is 30.7 Å². The summed E-state index contributed by atoms with van der Waals surface area (Å²) < 4.78 is 28.1. The molecule has 0 heterocycles. The number of rotatable bonds is 4. The van der Waals surface area contributed by atoms with Gasteiger partial charge in [-0.2, -0.15) is 8.42 Å². The molecule has 9 heteroatoms. The maximum Gasteiger partial charge on any atom is 1.00 e. The van der Waals surface area contributed by atoms with Crippen LogP contribution >= 0.6 is 10.8 Å². The third kappa shape index (κ3) is 12.7. The second-order valence-corrected chi connectivity index (χ2v) is 5.03. The van der Waals surface area contributed by atoms with Crippen molar-refractivity contribution in [2.75, 3.05) is 5.75 Å². The van der Waals surface area contributed by atoms with E-state index in [4.69, 9.17) is 10.3 Å². The number of hydrogen-bond acceptors (Lipinski definition) is 6. The maximum absolute atomic E-state index is 10.0. The second-order valence-electron chi connectivity index (χ2n) is 1.64. The van der Waals surface area contributed by atoms with E-state index < -0.39 is 26.9 Å². The summed E-state index contributed by atoms with van der Waals surface area (Å²) in [6.45, 7) is 0. The van der Waals surface area contributed by atoms with Gasteiger partial charge in [0.1, 0.15) is 0 Å². The molecule has 0 aromatic carbocycles. The Kier molecular flexibility index (Phi) is 11.9. The van der Waals surface area contributed by atoms with Crippen LogP contribution in [-0.2, 0) is 13.9 Å². The minimum atomic E-state index is -4.21. The summed E-state index contributed by atoms with van der Waals surface area (Å²) in [6, 6.07) is -1.39. The number of carbonyl (C=O) groups is 1. The van der Waals surface area contributed by atoms with Crippen molar-refractivity contribution in [3.8, 4) is 0 Å². The third-order valence-electron chi connectivity index (χ3n) is 0.699. The third-order valence-corrected chi connectivity index (χ3v) is 2.79. The van der Waals surface area contributed by atoms with E-state index in [1.807, 2.05) is 0 Å². The SMILES string of the molecule is C.N[C@@H](CSS(=O)(=O)O)C(=O)[O-].[Na+]. The zero-order valence-electron chi connectivity index (χ0n) is 6.26. The van der Waals surface area contributed by atoms with E-state index in [0.717, 1.165) is 0 Å². The van der Waals surface area contributed by atoms with Gasteiger partial charge in [-0.25, -0.2) is 0 Å². The molecule has 0 aliphatic rings. The molecule has 0 bridgehead atoms. The minimum Gasteiger partial charge on any atom is -0.548 e. The van der Waals surface area contributed by atoms with Crippen molar-refractivity contribution in [2.24, 2.45) is 5.73 Å². The first kappa shape index (κ1) is 19.3. The van der Waals surface area contributed by atoms with Gasteiger partial charge >= 0.3 is 38.7 Å². The van der Waals surface area contributed by atoms with Crippen LogP contribution in [0.5, 0.6) is 0 Å². The Labute approximate surface area is 103 Å². The summed E-state index contributed by atoms with van der Waals surface area (Å²) >= 11 is 0. The van der Waals surface area contributed by atoms with Crippen molar-refractivity contribution in [1.82, 2.24) is 0 Å². The summed E-state index contributed by atoms with van der Waals surface area (Å²) in [5.74, 6) is -1.98. The standard InChI is InChI=1S/C3H7NO5S2.CH4.Na/c4-2(3(5)6)1-10-11(7,8)9;;/h2H,1,4H2,(H,5,6)(H,7,8,9);1H4;/q;;+1/p-1/t2-;;/m0../s1. The van der Waals surface area contributed by atoms with Gasteiger partial charge in [0, 0.05) is 5.75 Å². The normalized spacial score (nSPS) is 12.2. The molecule has 0 aliphatic carbocycles. The Morgan fingerprint density at radius 1 is 1.62 bits per heavy atom. The second kappa shape index (κ2) is 8.04. The molecule has 0 aromatic rings. The molecule has 0 spiro atoms. The molecule has 0 saturated carbocycles. The summed E-state index contributed by atoms with van der Waals surface area (Å²) in [5.41, 5.74) is 4.87. The number of hydrogen-bond donors (Lipinski definition) is 2. The van der Waals surface area contributed by atoms with Crippen LogP contribution in [0.1, 0.15) is 7.43 Å². The molecule has 13 heavy (non-hydrogen) atoms. The fourth-order valence-electron chi connectivity index (χ4n) is 0.227. The van der Waals surface area contributed by atoms with Crippen molar-refractivity contribution in [3.63, 3.8) is 0 Å². The minimum absolute atomic E-state index is 0. The molecule has 0 unspecified atom stereocenters. The molecule has 0 radical (unpaired) electrons. The van der Waals surface area contributed by atoms with Gasteiger partial charge in [-0.3, -0.25) is 4.55 Å². The molecule has 74 valence electrons. The van der Waals surface area contributed by atoms with Gasteiger partial charge in [0.2, 0.25) is 0 Å². The zero-order chi connectivity index (χ0) is 9.07. The Morgan fingerprint density at radius 3 is 2.23 bits per heavy atom. The van der Waals surface area contributed by atoms with Crippen molar-refractivity contribution in [2.45, 2.75) is 13.5 Å². The van der Waals surface area contributed by atoms with Crippen molar-refractivity contribution in [3.05, 3.63) is 0 Å². The molecule has 0 aliphatic heterocycles. The van der Waals surface area contributed by atoms with Crippen LogP contribution < -0.4 is 40.4 Å². The van der Waals surface area contributed by atoms with Crippen molar-refractivity contribution in [1.29, 1.82) is 0 Å². The van der Waals surface area contributed by atoms with Gasteiger partial charge in [0.05, 0.1) is 12.0 Å². The van der Waals surface area contributed by atoms with E-state index in [9.17, 15) is 18.3 Å². The largest absolute Gasteiger partial charge is 1.00 e. The smallest absolute Gasteiger partial charge is 0.548 e. The maximum atomic E-state index is 10.0. The van der Waals surface area contributed by atoms with E-state index in [2.05, 4.69) is 0 Å². The Bertz CT molecular complexity index is 241. The first-order valence-electron chi connectivity index (χ1n) is 2.41. The molecule has 1 atom stereocenters.